The number of carbonyl (C=O) groups is 2. The van der Waals surface area contributed by atoms with Crippen molar-refractivity contribution in [3.05, 3.63) is 29.8 Å². The third kappa shape index (κ3) is 7.89. The Morgan fingerprint density at radius 1 is 1.17 bits per heavy atom. The van der Waals surface area contributed by atoms with Crippen LogP contribution in [-0.4, -0.2) is 31.0 Å². The number of aliphatic imine (C=N–C) groups is 1. The zero-order valence-electron chi connectivity index (χ0n) is 12.8. The topological polar surface area (TPSA) is 74.2 Å². The summed E-state index contributed by atoms with van der Waals surface area (Å²) in [5, 5.41) is 0. The molecule has 0 radical (unpaired) electrons. The average molecular weight is 329 g/mol. The predicted molar refractivity (Wildman–Crippen MR) is 77.6 cm³/mol. The van der Waals surface area contributed by atoms with Crippen molar-refractivity contribution in [3.63, 3.8) is 0 Å². The Balaban J connectivity index is 2.44. The Morgan fingerprint density at radius 2 is 1.83 bits per heavy atom. The maximum absolute atomic E-state index is 12.0. The Hall–Kier alpha value is -2.51. The van der Waals surface area contributed by atoms with Crippen LogP contribution in [0.4, 0.5) is 13.6 Å². The largest absolute Gasteiger partial charge is 0.466 e. The highest BCUT2D eigenvalue weighted by molar-refractivity contribution is 6.01. The summed E-state index contributed by atoms with van der Waals surface area (Å²) in [5.41, 5.74) is 0.854. The highest BCUT2D eigenvalue weighted by atomic mass is 19.3. The molecular weight excluding hydrogens is 312 g/mol. The highest BCUT2D eigenvalue weighted by Gasteiger charge is 2.08. The van der Waals surface area contributed by atoms with Gasteiger partial charge in [-0.25, -0.2) is 4.79 Å². The predicted octanol–water partition coefficient (Wildman–Crippen LogP) is 3.34. The minimum absolute atomic E-state index is 0.0124. The molecule has 0 atom stereocenters. The molecule has 1 rings (SSSR count). The third-order valence-electron chi connectivity index (χ3n) is 2.50. The Labute approximate surface area is 132 Å². The molecule has 8 heteroatoms. The third-order valence-corrected chi connectivity index (χ3v) is 2.50. The first-order valence-corrected chi connectivity index (χ1v) is 6.81. The molecule has 6 nitrogen and oxygen atoms in total. The fourth-order valence-corrected chi connectivity index (χ4v) is 1.56. The van der Waals surface area contributed by atoms with Crippen LogP contribution < -0.4 is 4.74 Å². The molecule has 0 spiro atoms. The summed E-state index contributed by atoms with van der Waals surface area (Å²) in [6.07, 6.45) is -0.942. The molecule has 0 heterocycles. The van der Waals surface area contributed by atoms with Crippen molar-refractivity contribution < 1.29 is 32.6 Å². The quantitative estimate of drug-likeness (QED) is 0.566. The second kappa shape index (κ2) is 9.50. The van der Waals surface area contributed by atoms with E-state index < -0.39 is 18.7 Å². The molecular formula is C15H17F2NO5. The summed E-state index contributed by atoms with van der Waals surface area (Å²) in [7, 11) is 0. The fraction of sp³-hybridized carbons (Fsp3) is 0.400. The van der Waals surface area contributed by atoms with Crippen molar-refractivity contribution in [2.24, 2.45) is 4.99 Å². The van der Waals surface area contributed by atoms with Crippen LogP contribution in [0.15, 0.2) is 29.3 Å². The van der Waals surface area contributed by atoms with Crippen molar-refractivity contribution in [1.82, 2.24) is 0 Å². The van der Waals surface area contributed by atoms with E-state index in [1.807, 2.05) is 0 Å². The molecule has 1 aromatic carbocycles. The number of amides is 1. The van der Waals surface area contributed by atoms with Gasteiger partial charge in [-0.1, -0.05) is 12.1 Å². The van der Waals surface area contributed by atoms with Gasteiger partial charge in [0.05, 0.1) is 13.0 Å². The molecule has 0 aliphatic heterocycles. The van der Waals surface area contributed by atoms with Gasteiger partial charge in [0.2, 0.25) is 0 Å². The van der Waals surface area contributed by atoms with Gasteiger partial charge in [0.15, 0.2) is 0 Å². The second-order valence-corrected chi connectivity index (χ2v) is 4.41. The number of alkyl halides is 2. The lowest BCUT2D eigenvalue weighted by atomic mass is 10.2. The SMILES string of the molecule is CCOC(=O)CC(C)=NC(=O)OCc1ccc(OC(F)F)cc1. The van der Waals surface area contributed by atoms with Gasteiger partial charge < -0.3 is 14.2 Å². The zero-order chi connectivity index (χ0) is 17.2. The van der Waals surface area contributed by atoms with Crippen molar-refractivity contribution in [1.29, 1.82) is 0 Å². The number of halogens is 2. The van der Waals surface area contributed by atoms with Gasteiger partial charge in [-0.15, -0.1) is 0 Å². The molecule has 0 saturated carbocycles. The number of nitrogens with zero attached hydrogens (tertiary/aromatic N) is 1. The molecule has 0 aromatic heterocycles. The van der Waals surface area contributed by atoms with Crippen LogP contribution in [0.1, 0.15) is 25.8 Å². The van der Waals surface area contributed by atoms with E-state index in [1.165, 1.54) is 31.2 Å². The maximum Gasteiger partial charge on any atom is 0.433 e. The van der Waals surface area contributed by atoms with Crippen LogP contribution in [0.5, 0.6) is 5.75 Å². The molecule has 0 N–H and O–H groups in total. The Morgan fingerprint density at radius 3 is 2.39 bits per heavy atom. The average Bonchev–Trinajstić information content (AvgIpc) is 2.46. The van der Waals surface area contributed by atoms with Gasteiger partial charge in [0.25, 0.3) is 0 Å². The molecule has 23 heavy (non-hydrogen) atoms. The van der Waals surface area contributed by atoms with Crippen molar-refractivity contribution in [3.8, 4) is 5.75 Å². The van der Waals surface area contributed by atoms with E-state index in [-0.39, 0.29) is 31.1 Å². The molecule has 0 fully saturated rings. The molecule has 0 aliphatic carbocycles. The highest BCUT2D eigenvalue weighted by Crippen LogP contribution is 2.15. The second-order valence-electron chi connectivity index (χ2n) is 4.41. The van der Waals surface area contributed by atoms with E-state index in [2.05, 4.69) is 9.73 Å². The summed E-state index contributed by atoms with van der Waals surface area (Å²) in [6, 6.07) is 5.65. The number of esters is 1. The first-order valence-electron chi connectivity index (χ1n) is 6.81. The van der Waals surface area contributed by atoms with Gasteiger partial charge in [0, 0.05) is 5.71 Å². The summed E-state index contributed by atoms with van der Waals surface area (Å²) in [5.74, 6) is -0.463. The zero-order valence-corrected chi connectivity index (χ0v) is 12.8. The van der Waals surface area contributed by atoms with Gasteiger partial charge in [-0.2, -0.15) is 13.8 Å². The van der Waals surface area contributed by atoms with Crippen molar-refractivity contribution >= 4 is 17.8 Å². The van der Waals surface area contributed by atoms with Gasteiger partial charge in [-0.05, 0) is 31.5 Å². The fourth-order valence-electron chi connectivity index (χ4n) is 1.56. The molecule has 0 bridgehead atoms. The van der Waals surface area contributed by atoms with Gasteiger partial charge in [0.1, 0.15) is 12.4 Å². The first kappa shape index (κ1) is 18.5. The lowest BCUT2D eigenvalue weighted by Gasteiger charge is -2.06. The van der Waals surface area contributed by atoms with E-state index in [0.717, 1.165) is 0 Å². The smallest absolute Gasteiger partial charge is 0.433 e. The van der Waals surface area contributed by atoms with Crippen LogP contribution in [0.2, 0.25) is 0 Å². The standard InChI is InChI=1S/C15H17F2NO5/c1-3-21-13(19)8-10(2)18-15(20)22-9-11-4-6-12(7-5-11)23-14(16)17/h4-7,14H,3,8-9H2,1-2H3. The van der Waals surface area contributed by atoms with Crippen molar-refractivity contribution in [2.45, 2.75) is 33.5 Å². The number of hydrogen-bond acceptors (Lipinski definition) is 5. The minimum atomic E-state index is -2.89. The Kier molecular flexibility index (Phi) is 7.65. The molecule has 1 amide bonds. The maximum atomic E-state index is 12.0. The lowest BCUT2D eigenvalue weighted by Crippen LogP contribution is -2.11. The lowest BCUT2D eigenvalue weighted by molar-refractivity contribution is -0.141. The number of hydrogen-bond donors (Lipinski definition) is 0. The first-order chi connectivity index (χ1) is 10.9. The molecule has 0 saturated heterocycles. The number of ether oxygens (including phenoxy) is 3. The summed E-state index contributed by atoms with van der Waals surface area (Å²) >= 11 is 0. The Bertz CT molecular complexity index is 557. The van der Waals surface area contributed by atoms with Crippen LogP contribution in [0.25, 0.3) is 0 Å². The van der Waals surface area contributed by atoms with Gasteiger partial charge in [-0.3, -0.25) is 4.79 Å². The minimum Gasteiger partial charge on any atom is -0.466 e. The van der Waals surface area contributed by atoms with Crippen LogP contribution in [0, 0.1) is 0 Å². The molecule has 126 valence electrons. The van der Waals surface area contributed by atoms with E-state index in [0.29, 0.717) is 5.56 Å². The van der Waals surface area contributed by atoms with Crippen LogP contribution in [-0.2, 0) is 20.9 Å². The van der Waals surface area contributed by atoms with E-state index >= 15 is 0 Å². The number of benzene rings is 1. The van der Waals surface area contributed by atoms with E-state index in [9.17, 15) is 18.4 Å². The van der Waals surface area contributed by atoms with E-state index in [1.54, 1.807) is 6.92 Å². The van der Waals surface area contributed by atoms with Crippen LogP contribution in [0.3, 0.4) is 0 Å². The monoisotopic (exact) mass is 329 g/mol. The van der Waals surface area contributed by atoms with Crippen molar-refractivity contribution in [2.75, 3.05) is 6.61 Å². The van der Waals surface area contributed by atoms with Gasteiger partial charge >= 0.3 is 18.7 Å². The number of rotatable bonds is 7. The normalized spacial score (nSPS) is 11.3. The van der Waals surface area contributed by atoms with E-state index in [4.69, 9.17) is 9.47 Å². The molecule has 1 aromatic rings. The molecule has 0 unspecified atom stereocenters. The molecule has 0 aliphatic rings. The number of carbonyl (C=O) groups excluding carboxylic acids is 2. The van der Waals surface area contributed by atoms with Crippen LogP contribution >= 0.6 is 0 Å². The summed E-state index contributed by atoms with van der Waals surface area (Å²) in [6.45, 7) is 0.465. The summed E-state index contributed by atoms with van der Waals surface area (Å²) in [4.78, 5) is 26.3. The summed E-state index contributed by atoms with van der Waals surface area (Å²) < 4.78 is 37.8.